The van der Waals surface area contributed by atoms with Gasteiger partial charge in [0.25, 0.3) is 0 Å². The summed E-state index contributed by atoms with van der Waals surface area (Å²) >= 11 is 1.82. The van der Waals surface area contributed by atoms with Gasteiger partial charge >= 0.3 is 0 Å². The Morgan fingerprint density at radius 3 is 2.57 bits per heavy atom. The van der Waals surface area contributed by atoms with Gasteiger partial charge in [0, 0.05) is 49.4 Å². The third-order valence-electron chi connectivity index (χ3n) is 5.94. The highest BCUT2D eigenvalue weighted by Crippen LogP contribution is 2.45. The number of sulfonamides is 1. The molecule has 3 heterocycles. The number of nitrogens with zero attached hydrogens (tertiary/aromatic N) is 4. The predicted octanol–water partition coefficient (Wildman–Crippen LogP) is 3.16. The van der Waals surface area contributed by atoms with Crippen molar-refractivity contribution >= 4 is 32.7 Å². The lowest BCUT2D eigenvalue weighted by Crippen LogP contribution is -2.30. The van der Waals surface area contributed by atoms with E-state index < -0.39 is 10.0 Å². The number of aryl methyl sites for hydroxylation is 1. The maximum Gasteiger partial charge on any atom is 0.243 e. The van der Waals surface area contributed by atoms with Crippen LogP contribution in [0.4, 0.5) is 0 Å². The minimum Gasteiger partial charge on any atom is -0.329 e. The van der Waals surface area contributed by atoms with Crippen molar-refractivity contribution in [1.82, 2.24) is 18.8 Å². The van der Waals surface area contributed by atoms with Gasteiger partial charge in [-0.2, -0.15) is 4.31 Å². The van der Waals surface area contributed by atoms with Crippen molar-refractivity contribution in [1.29, 1.82) is 0 Å². The normalized spacial score (nSPS) is 25.4. The molecule has 1 saturated carbocycles. The Balaban J connectivity index is 1.30. The van der Waals surface area contributed by atoms with Crippen molar-refractivity contribution in [3.05, 3.63) is 48.9 Å². The van der Waals surface area contributed by atoms with E-state index in [-0.39, 0.29) is 0 Å². The zero-order chi connectivity index (χ0) is 19.3. The van der Waals surface area contributed by atoms with Crippen LogP contribution in [-0.4, -0.2) is 45.6 Å². The van der Waals surface area contributed by atoms with Crippen molar-refractivity contribution in [3.63, 3.8) is 0 Å². The minimum absolute atomic E-state index is 0.368. The molecule has 2 fully saturated rings. The summed E-state index contributed by atoms with van der Waals surface area (Å²) < 4.78 is 30.1. The first kappa shape index (κ1) is 18.1. The largest absolute Gasteiger partial charge is 0.329 e. The minimum atomic E-state index is -3.46. The third kappa shape index (κ3) is 3.13. The highest BCUT2D eigenvalue weighted by molar-refractivity contribution is 7.99. The molecular formula is C20H22N4O2S2. The molecule has 3 atom stereocenters. The van der Waals surface area contributed by atoms with Gasteiger partial charge in [-0.15, -0.1) is 0 Å². The molecule has 6 nitrogen and oxygen atoms in total. The zero-order valence-corrected chi connectivity index (χ0v) is 17.2. The van der Waals surface area contributed by atoms with E-state index in [0.717, 1.165) is 28.9 Å². The van der Waals surface area contributed by atoms with Crippen LogP contribution in [0, 0.1) is 11.8 Å². The molecule has 28 heavy (non-hydrogen) atoms. The van der Waals surface area contributed by atoms with Gasteiger partial charge in [0.2, 0.25) is 10.0 Å². The highest BCUT2D eigenvalue weighted by Gasteiger charge is 2.45. The summed E-state index contributed by atoms with van der Waals surface area (Å²) in [5, 5.41) is 2.42. The van der Waals surface area contributed by atoms with E-state index in [1.165, 1.54) is 0 Å². The van der Waals surface area contributed by atoms with Gasteiger partial charge in [-0.05, 0) is 48.9 Å². The van der Waals surface area contributed by atoms with Crippen LogP contribution >= 0.6 is 11.8 Å². The molecule has 3 aromatic rings. The molecule has 5 rings (SSSR count). The summed E-state index contributed by atoms with van der Waals surface area (Å²) in [5.41, 5.74) is 0.814. The smallest absolute Gasteiger partial charge is 0.243 e. The molecule has 2 aliphatic rings. The fourth-order valence-electron chi connectivity index (χ4n) is 4.47. The Labute approximate surface area is 169 Å². The number of aromatic nitrogens is 3. The van der Waals surface area contributed by atoms with Crippen molar-refractivity contribution in [2.45, 2.75) is 28.1 Å². The van der Waals surface area contributed by atoms with Crippen LogP contribution in [0.3, 0.4) is 0 Å². The van der Waals surface area contributed by atoms with E-state index in [1.807, 2.05) is 47.9 Å². The highest BCUT2D eigenvalue weighted by atomic mass is 32.2. The predicted molar refractivity (Wildman–Crippen MR) is 110 cm³/mol. The molecule has 1 aliphatic carbocycles. The fourth-order valence-corrected chi connectivity index (χ4v) is 7.39. The summed E-state index contributed by atoms with van der Waals surface area (Å²) in [4.78, 5) is 9.05. The molecule has 0 N–H and O–H groups in total. The molecule has 146 valence electrons. The zero-order valence-electron chi connectivity index (χ0n) is 15.6. The summed E-state index contributed by atoms with van der Waals surface area (Å²) in [7, 11) is -1.45. The first-order chi connectivity index (χ1) is 13.5. The first-order valence-electron chi connectivity index (χ1n) is 9.49. The number of hydrogen-bond acceptors (Lipinski definition) is 5. The topological polar surface area (TPSA) is 68.1 Å². The van der Waals surface area contributed by atoms with Gasteiger partial charge < -0.3 is 4.57 Å². The Hall–Kier alpha value is -1.90. The molecule has 0 bridgehead atoms. The average molecular weight is 415 g/mol. The molecule has 8 heteroatoms. The van der Waals surface area contributed by atoms with Crippen LogP contribution in [0.25, 0.3) is 10.9 Å². The molecule has 0 spiro atoms. The Morgan fingerprint density at radius 1 is 1.07 bits per heavy atom. The number of imidazole rings is 1. The van der Waals surface area contributed by atoms with E-state index in [9.17, 15) is 8.42 Å². The second-order valence-corrected chi connectivity index (χ2v) is 10.9. The van der Waals surface area contributed by atoms with Gasteiger partial charge in [-0.1, -0.05) is 17.8 Å². The molecule has 0 unspecified atom stereocenters. The maximum atomic E-state index is 13.2. The van der Waals surface area contributed by atoms with Gasteiger partial charge in [0.1, 0.15) is 0 Å². The van der Waals surface area contributed by atoms with E-state index >= 15 is 0 Å². The van der Waals surface area contributed by atoms with E-state index in [2.05, 4.69) is 9.97 Å². The molecule has 0 radical (unpaired) electrons. The van der Waals surface area contributed by atoms with Crippen LogP contribution in [0.1, 0.15) is 12.8 Å². The van der Waals surface area contributed by atoms with Gasteiger partial charge in [0.05, 0.1) is 10.4 Å². The second-order valence-electron chi connectivity index (χ2n) is 7.73. The number of thioether (sulfide) groups is 1. The van der Waals surface area contributed by atoms with Gasteiger partial charge in [-0.3, -0.25) is 4.98 Å². The van der Waals surface area contributed by atoms with Crippen LogP contribution in [0.15, 0.2) is 59.0 Å². The van der Waals surface area contributed by atoms with Crippen LogP contribution in [-0.2, 0) is 17.1 Å². The number of rotatable bonds is 4. The summed E-state index contributed by atoms with van der Waals surface area (Å²) in [6, 6.07) is 8.94. The molecule has 1 aliphatic heterocycles. The molecular weight excluding hydrogens is 392 g/mol. The third-order valence-corrected chi connectivity index (χ3v) is 9.09. The van der Waals surface area contributed by atoms with E-state index in [1.54, 1.807) is 28.7 Å². The number of hydrogen-bond donors (Lipinski definition) is 0. The maximum absolute atomic E-state index is 13.2. The lowest BCUT2D eigenvalue weighted by Gasteiger charge is -2.19. The number of fused-ring (bicyclic) bond motifs is 2. The second kappa shape index (κ2) is 6.86. The van der Waals surface area contributed by atoms with Gasteiger partial charge in [-0.25, -0.2) is 13.4 Å². The molecule has 2 aromatic heterocycles. The number of benzene rings is 1. The van der Waals surface area contributed by atoms with Crippen molar-refractivity contribution < 1.29 is 8.42 Å². The molecule has 1 saturated heterocycles. The average Bonchev–Trinajstić information content (AvgIpc) is 3.37. The van der Waals surface area contributed by atoms with Crippen molar-refractivity contribution in [2.75, 3.05) is 13.1 Å². The SMILES string of the molecule is Cn1ccnc1S[C@H]1C[C@@H]2CN(S(=O)(=O)c3ccc4ncccc4c3)C[C@@H]2C1. The summed E-state index contributed by atoms with van der Waals surface area (Å²) in [6.07, 6.45) is 7.61. The Morgan fingerprint density at radius 2 is 1.86 bits per heavy atom. The van der Waals surface area contributed by atoms with Crippen molar-refractivity contribution in [2.24, 2.45) is 18.9 Å². The fraction of sp³-hybridized carbons (Fsp3) is 0.400. The van der Waals surface area contributed by atoms with E-state index in [0.29, 0.717) is 35.1 Å². The molecule has 0 amide bonds. The first-order valence-corrected chi connectivity index (χ1v) is 11.8. The van der Waals surface area contributed by atoms with Crippen LogP contribution in [0.2, 0.25) is 0 Å². The van der Waals surface area contributed by atoms with E-state index in [4.69, 9.17) is 0 Å². The standard InChI is InChI=1S/C20H22N4O2S2/c1-23-8-7-22-20(23)27-17-9-15-12-24(13-16(15)10-17)28(25,26)18-4-5-19-14(11-18)3-2-6-21-19/h2-8,11,15-17H,9-10,12-13H2,1H3/t15-,16+,17+. The summed E-state index contributed by atoms with van der Waals surface area (Å²) in [6.45, 7) is 1.24. The number of pyridine rings is 1. The Bertz CT molecular complexity index is 1110. The Kier molecular flexibility index (Phi) is 4.45. The molecule has 1 aromatic carbocycles. The lowest BCUT2D eigenvalue weighted by atomic mass is 10.0. The van der Waals surface area contributed by atoms with Crippen LogP contribution < -0.4 is 0 Å². The summed E-state index contributed by atoms with van der Waals surface area (Å²) in [5.74, 6) is 0.879. The quantitative estimate of drug-likeness (QED) is 0.656. The van der Waals surface area contributed by atoms with Crippen LogP contribution in [0.5, 0.6) is 0 Å². The monoisotopic (exact) mass is 414 g/mol. The van der Waals surface area contributed by atoms with Gasteiger partial charge in [0.15, 0.2) is 5.16 Å². The van der Waals surface area contributed by atoms with Crippen molar-refractivity contribution in [3.8, 4) is 0 Å². The lowest BCUT2D eigenvalue weighted by molar-refractivity contribution is 0.447.